The van der Waals surface area contributed by atoms with Crippen LogP contribution < -0.4 is 10.2 Å². The molecule has 0 saturated carbocycles. The Hall–Kier alpha value is -2.70. The first-order valence-corrected chi connectivity index (χ1v) is 6.81. The van der Waals surface area contributed by atoms with Gasteiger partial charge in [-0.15, -0.1) is 0 Å². The summed E-state index contributed by atoms with van der Waals surface area (Å²) in [6.07, 6.45) is 2.22. The lowest BCUT2D eigenvalue weighted by atomic mass is 10.2. The normalized spacial score (nSPS) is 13.1. The molecule has 0 atom stereocenters. The van der Waals surface area contributed by atoms with Crippen molar-refractivity contribution in [1.29, 1.82) is 0 Å². The average Bonchev–Trinajstić information content (AvgIpc) is 2.91. The Morgan fingerprint density at radius 2 is 2.19 bits per heavy atom. The molecule has 2 aromatic rings. The smallest absolute Gasteiger partial charge is 0.353 e. The maximum Gasteiger partial charge on any atom is 0.353 e. The van der Waals surface area contributed by atoms with Crippen molar-refractivity contribution >= 4 is 23.0 Å². The topological polar surface area (TPSA) is 84.2 Å². The third kappa shape index (κ3) is 2.26. The van der Waals surface area contributed by atoms with E-state index in [1.165, 1.54) is 11.9 Å². The zero-order valence-corrected chi connectivity index (χ0v) is 11.6. The third-order valence-corrected chi connectivity index (χ3v) is 3.47. The lowest BCUT2D eigenvalue weighted by Gasteiger charge is -2.18. The summed E-state index contributed by atoms with van der Waals surface area (Å²) in [5.74, 6) is 0.604. The zero-order valence-electron chi connectivity index (χ0n) is 11.6. The van der Waals surface area contributed by atoms with Gasteiger partial charge in [-0.25, -0.2) is 9.97 Å². The van der Waals surface area contributed by atoms with Gasteiger partial charge in [-0.3, -0.25) is 10.1 Å². The molecular weight excluding hydrogens is 270 g/mol. The number of anilines is 3. The van der Waals surface area contributed by atoms with E-state index in [4.69, 9.17) is 0 Å². The summed E-state index contributed by atoms with van der Waals surface area (Å²) in [4.78, 5) is 21.1. The highest BCUT2D eigenvalue weighted by atomic mass is 16.6. The van der Waals surface area contributed by atoms with E-state index in [-0.39, 0.29) is 11.5 Å². The molecule has 3 rings (SSSR count). The molecule has 21 heavy (non-hydrogen) atoms. The first kappa shape index (κ1) is 13.3. The van der Waals surface area contributed by atoms with Gasteiger partial charge >= 0.3 is 5.69 Å². The number of nitrogens with zero attached hydrogens (tertiary/aromatic N) is 4. The molecule has 1 aromatic carbocycles. The van der Waals surface area contributed by atoms with Crippen molar-refractivity contribution in [2.75, 3.05) is 23.3 Å². The molecular formula is C14H15N5O2. The minimum absolute atomic E-state index is 0.0731. The van der Waals surface area contributed by atoms with Crippen LogP contribution in [0.25, 0.3) is 0 Å². The van der Waals surface area contributed by atoms with Crippen LogP contribution in [0.1, 0.15) is 12.5 Å². The molecule has 7 nitrogen and oxygen atoms in total. The summed E-state index contributed by atoms with van der Waals surface area (Å²) in [5.41, 5.74) is 2.08. The van der Waals surface area contributed by atoms with Crippen LogP contribution in [0.3, 0.4) is 0 Å². The minimum Gasteiger partial charge on any atom is -0.364 e. The van der Waals surface area contributed by atoms with Gasteiger partial charge in [0.15, 0.2) is 0 Å². The fourth-order valence-corrected chi connectivity index (χ4v) is 2.59. The Kier molecular flexibility index (Phi) is 3.39. The van der Waals surface area contributed by atoms with Crippen LogP contribution in [0, 0.1) is 10.1 Å². The van der Waals surface area contributed by atoms with Gasteiger partial charge in [-0.2, -0.15) is 0 Å². The van der Waals surface area contributed by atoms with Crippen LogP contribution in [0.2, 0.25) is 0 Å². The van der Waals surface area contributed by atoms with Gasteiger partial charge in [-0.1, -0.05) is 18.2 Å². The van der Waals surface area contributed by atoms with Crippen LogP contribution in [0.4, 0.5) is 23.0 Å². The second-order valence-electron chi connectivity index (χ2n) is 4.71. The number of nitrogens with one attached hydrogen (secondary N) is 1. The summed E-state index contributed by atoms with van der Waals surface area (Å²) < 4.78 is 0. The van der Waals surface area contributed by atoms with Crippen LogP contribution in [0.5, 0.6) is 0 Å². The molecule has 0 bridgehead atoms. The molecule has 0 saturated heterocycles. The predicted octanol–water partition coefficient (Wildman–Crippen LogP) is 2.51. The highest BCUT2D eigenvalue weighted by molar-refractivity contribution is 5.78. The van der Waals surface area contributed by atoms with Gasteiger partial charge in [0.1, 0.15) is 6.33 Å². The molecule has 108 valence electrons. The highest BCUT2D eigenvalue weighted by Crippen LogP contribution is 2.39. The third-order valence-electron chi connectivity index (χ3n) is 3.47. The van der Waals surface area contributed by atoms with E-state index in [0.29, 0.717) is 18.9 Å². The minimum atomic E-state index is -0.422. The molecule has 0 fully saturated rings. The number of para-hydroxylation sites is 1. The lowest BCUT2D eigenvalue weighted by molar-refractivity contribution is -0.383. The van der Waals surface area contributed by atoms with Crippen molar-refractivity contribution in [2.24, 2.45) is 0 Å². The molecule has 7 heteroatoms. The second kappa shape index (κ2) is 5.35. The van der Waals surface area contributed by atoms with Gasteiger partial charge in [0.05, 0.1) is 4.92 Å². The molecule has 0 spiro atoms. The van der Waals surface area contributed by atoms with E-state index < -0.39 is 4.92 Å². The van der Waals surface area contributed by atoms with Gasteiger partial charge in [-0.05, 0) is 25.0 Å². The predicted molar refractivity (Wildman–Crippen MR) is 80.0 cm³/mol. The Morgan fingerprint density at radius 3 is 2.95 bits per heavy atom. The number of nitro groups is 1. The maximum absolute atomic E-state index is 11.4. The van der Waals surface area contributed by atoms with E-state index in [1.807, 2.05) is 36.1 Å². The van der Waals surface area contributed by atoms with Gasteiger partial charge in [0.25, 0.3) is 0 Å². The number of benzene rings is 1. The molecule has 0 unspecified atom stereocenters. The molecule has 2 heterocycles. The first-order chi connectivity index (χ1) is 10.2. The Balaban J connectivity index is 2.11. The molecule has 0 aliphatic carbocycles. The summed E-state index contributed by atoms with van der Waals surface area (Å²) >= 11 is 0. The first-order valence-electron chi connectivity index (χ1n) is 6.81. The second-order valence-corrected chi connectivity index (χ2v) is 4.71. The standard InChI is InChI=1S/C14H15N5O2/c1-2-15-13-12(19(20)21)14(17-9-16-13)18-8-7-10-5-3-4-6-11(10)18/h3-6,9H,2,7-8H2,1H3,(H,15,16,17). The van der Waals surface area contributed by atoms with E-state index in [0.717, 1.165) is 12.1 Å². The van der Waals surface area contributed by atoms with Gasteiger partial charge < -0.3 is 10.2 Å². The Labute approximate surface area is 121 Å². The van der Waals surface area contributed by atoms with E-state index in [9.17, 15) is 10.1 Å². The lowest BCUT2D eigenvalue weighted by Crippen LogP contribution is -2.18. The average molecular weight is 285 g/mol. The Morgan fingerprint density at radius 1 is 1.38 bits per heavy atom. The number of fused-ring (bicyclic) bond motifs is 1. The van der Waals surface area contributed by atoms with Crippen molar-refractivity contribution in [3.05, 3.63) is 46.3 Å². The number of hydrogen-bond acceptors (Lipinski definition) is 6. The zero-order chi connectivity index (χ0) is 14.8. The van der Waals surface area contributed by atoms with Gasteiger partial charge in [0.2, 0.25) is 11.6 Å². The molecule has 1 aromatic heterocycles. The van der Waals surface area contributed by atoms with Gasteiger partial charge in [0, 0.05) is 18.8 Å². The van der Waals surface area contributed by atoms with E-state index in [2.05, 4.69) is 15.3 Å². The van der Waals surface area contributed by atoms with Crippen molar-refractivity contribution in [1.82, 2.24) is 9.97 Å². The Bertz CT molecular complexity index is 689. The van der Waals surface area contributed by atoms with Crippen molar-refractivity contribution in [2.45, 2.75) is 13.3 Å². The molecule has 0 amide bonds. The van der Waals surface area contributed by atoms with Crippen LogP contribution >= 0.6 is 0 Å². The van der Waals surface area contributed by atoms with E-state index in [1.54, 1.807) is 0 Å². The fourth-order valence-electron chi connectivity index (χ4n) is 2.59. The van der Waals surface area contributed by atoms with E-state index >= 15 is 0 Å². The number of aromatic nitrogens is 2. The largest absolute Gasteiger partial charge is 0.364 e. The van der Waals surface area contributed by atoms with Crippen molar-refractivity contribution < 1.29 is 4.92 Å². The number of rotatable bonds is 4. The van der Waals surface area contributed by atoms with Crippen LogP contribution in [-0.2, 0) is 6.42 Å². The number of hydrogen-bond donors (Lipinski definition) is 1. The summed E-state index contributed by atoms with van der Waals surface area (Å²) in [7, 11) is 0. The maximum atomic E-state index is 11.4. The molecule has 1 aliphatic rings. The molecule has 1 N–H and O–H groups in total. The highest BCUT2D eigenvalue weighted by Gasteiger charge is 2.30. The van der Waals surface area contributed by atoms with Crippen LogP contribution in [0.15, 0.2) is 30.6 Å². The molecule has 1 aliphatic heterocycles. The summed E-state index contributed by atoms with van der Waals surface area (Å²) in [6, 6.07) is 7.89. The van der Waals surface area contributed by atoms with Crippen LogP contribution in [-0.4, -0.2) is 28.0 Å². The summed E-state index contributed by atoms with van der Waals surface area (Å²) in [6.45, 7) is 3.12. The fraction of sp³-hybridized carbons (Fsp3) is 0.286. The molecule has 0 radical (unpaired) electrons. The van der Waals surface area contributed by atoms with Crippen molar-refractivity contribution in [3.8, 4) is 0 Å². The SMILES string of the molecule is CCNc1ncnc(N2CCc3ccccc32)c1[N+](=O)[O-]. The quantitative estimate of drug-likeness (QED) is 0.686. The summed E-state index contributed by atoms with van der Waals surface area (Å²) in [5, 5.41) is 14.4. The van der Waals surface area contributed by atoms with Crippen molar-refractivity contribution in [3.63, 3.8) is 0 Å². The monoisotopic (exact) mass is 285 g/mol.